The van der Waals surface area contributed by atoms with Crippen LogP contribution in [0.15, 0.2) is 48.5 Å². The fourth-order valence-electron chi connectivity index (χ4n) is 4.14. The minimum absolute atomic E-state index is 0.262. The molecule has 2 atom stereocenters. The molecule has 0 saturated carbocycles. The highest BCUT2D eigenvalue weighted by molar-refractivity contribution is 7.80. The van der Waals surface area contributed by atoms with Gasteiger partial charge in [0, 0.05) is 30.0 Å². The summed E-state index contributed by atoms with van der Waals surface area (Å²) in [5, 5.41) is 9.98. The number of anilines is 1. The van der Waals surface area contributed by atoms with Crippen LogP contribution in [0.2, 0.25) is 0 Å². The molecule has 2 aromatic rings. The predicted molar refractivity (Wildman–Crippen MR) is 132 cm³/mol. The molecule has 0 radical (unpaired) electrons. The first kappa shape index (κ1) is 26.5. The summed E-state index contributed by atoms with van der Waals surface area (Å²) in [6.07, 6.45) is 0.225. The van der Waals surface area contributed by atoms with Crippen molar-refractivity contribution in [1.82, 2.24) is 4.90 Å². The van der Waals surface area contributed by atoms with Crippen molar-refractivity contribution in [2.75, 3.05) is 24.5 Å². The van der Waals surface area contributed by atoms with Crippen molar-refractivity contribution < 1.29 is 32.9 Å². The molecule has 1 saturated heterocycles. The third kappa shape index (κ3) is 6.73. The number of carboxylic acid groups (broad SMARTS) is 1. The van der Waals surface area contributed by atoms with Crippen LogP contribution < -0.4 is 9.04 Å². The Balaban J connectivity index is 1.77. The van der Waals surface area contributed by atoms with E-state index in [0.717, 1.165) is 21.2 Å². The van der Waals surface area contributed by atoms with E-state index in [1.807, 2.05) is 24.3 Å². The summed E-state index contributed by atoms with van der Waals surface area (Å²) in [7, 11) is 1.59. The van der Waals surface area contributed by atoms with Crippen molar-refractivity contribution in [2.45, 2.75) is 45.3 Å². The highest BCUT2D eigenvalue weighted by Gasteiger charge is 2.38. The molecule has 0 bridgehead atoms. The lowest BCUT2D eigenvalue weighted by Crippen LogP contribution is -2.51. The van der Waals surface area contributed by atoms with Gasteiger partial charge in [0.15, 0.2) is 0 Å². The van der Waals surface area contributed by atoms with Crippen molar-refractivity contribution in [3.63, 3.8) is 0 Å². The maximum Gasteiger partial charge on any atom is 0.410 e. The van der Waals surface area contributed by atoms with Crippen LogP contribution in [0.1, 0.15) is 33.6 Å². The normalized spacial score (nSPS) is 16.3. The monoisotopic (exact) mass is 503 g/mol. The Morgan fingerprint density at radius 2 is 1.57 bits per heavy atom. The highest BCUT2D eigenvalue weighted by Crippen LogP contribution is 2.31. The van der Waals surface area contributed by atoms with E-state index in [9.17, 15) is 23.5 Å². The Bertz CT molecular complexity index is 1040. The summed E-state index contributed by atoms with van der Waals surface area (Å²) >= 11 is -2.81. The maximum absolute atomic E-state index is 12.3. The first-order valence-electron chi connectivity index (χ1n) is 11.3. The molecule has 0 aromatic heterocycles. The zero-order chi connectivity index (χ0) is 25.8. The van der Waals surface area contributed by atoms with E-state index in [2.05, 4.69) is 0 Å². The van der Waals surface area contributed by atoms with E-state index in [0.29, 0.717) is 25.9 Å². The second-order valence-corrected chi connectivity index (χ2v) is 10.2. The van der Waals surface area contributed by atoms with Crippen LogP contribution in [0.25, 0.3) is 11.1 Å². The fourth-order valence-corrected chi connectivity index (χ4v) is 4.88. The van der Waals surface area contributed by atoms with Gasteiger partial charge in [0.25, 0.3) is 0 Å². The summed E-state index contributed by atoms with van der Waals surface area (Å²) in [5.74, 6) is -0.977. The molecule has 1 N–H and O–H groups in total. The number of likely N-dealkylation sites (tertiary alicyclic amines) is 1. The van der Waals surface area contributed by atoms with Gasteiger partial charge >= 0.3 is 12.1 Å². The number of amides is 1. The Kier molecular flexibility index (Phi) is 8.39. The van der Waals surface area contributed by atoms with Crippen LogP contribution in [0, 0.1) is 5.92 Å². The molecular weight excluding hydrogens is 472 g/mol. The van der Waals surface area contributed by atoms with Crippen molar-refractivity contribution >= 4 is 29.0 Å². The van der Waals surface area contributed by atoms with Gasteiger partial charge in [-0.1, -0.05) is 24.3 Å². The number of methoxy groups -OCH3 is 1. The summed E-state index contributed by atoms with van der Waals surface area (Å²) in [5.41, 5.74) is 1.39. The lowest BCUT2D eigenvalue weighted by molar-refractivity contribution is -0.140. The number of carboxylic acids is 1. The number of rotatable bonds is 7. The number of hydrogen-bond acceptors (Lipinski definition) is 6. The SMILES string of the molecule is COc1ccc(-c2ccc(N(C(C(=O)O)C3CCN(C(=O)OC(C)(C)C)CC3)S(=O)[O-])cc2)cc1. The minimum Gasteiger partial charge on any atom is -0.755 e. The smallest absolute Gasteiger partial charge is 0.410 e. The molecular formula is C25H31N2O7S-. The molecule has 1 aliphatic heterocycles. The molecule has 0 spiro atoms. The van der Waals surface area contributed by atoms with E-state index in [1.54, 1.807) is 52.1 Å². The summed E-state index contributed by atoms with van der Waals surface area (Å²) in [6, 6.07) is 12.8. The maximum atomic E-state index is 12.3. The second-order valence-electron chi connectivity index (χ2n) is 9.41. The van der Waals surface area contributed by atoms with Crippen LogP contribution >= 0.6 is 0 Å². The minimum atomic E-state index is -2.81. The van der Waals surface area contributed by atoms with Crippen LogP contribution in [-0.2, 0) is 20.8 Å². The number of ether oxygens (including phenoxy) is 2. The van der Waals surface area contributed by atoms with Gasteiger partial charge in [-0.15, -0.1) is 0 Å². The summed E-state index contributed by atoms with van der Waals surface area (Å²) in [6.45, 7) is 5.91. The lowest BCUT2D eigenvalue weighted by atomic mass is 9.89. The molecule has 1 amide bonds. The van der Waals surface area contributed by atoms with Gasteiger partial charge in [0.1, 0.15) is 17.4 Å². The Morgan fingerprint density at radius 1 is 1.06 bits per heavy atom. The number of carbonyl (C=O) groups is 2. The van der Waals surface area contributed by atoms with Crippen molar-refractivity contribution in [3.05, 3.63) is 48.5 Å². The van der Waals surface area contributed by atoms with E-state index >= 15 is 0 Å². The van der Waals surface area contributed by atoms with Gasteiger partial charge in [0.2, 0.25) is 0 Å². The van der Waals surface area contributed by atoms with Crippen LogP contribution in [0.3, 0.4) is 0 Å². The average molecular weight is 504 g/mol. The molecule has 1 aliphatic rings. The predicted octanol–water partition coefficient (Wildman–Crippen LogP) is 4.06. The first-order valence-corrected chi connectivity index (χ1v) is 12.4. The van der Waals surface area contributed by atoms with Crippen molar-refractivity contribution in [3.8, 4) is 16.9 Å². The van der Waals surface area contributed by atoms with Crippen LogP contribution in [0.5, 0.6) is 5.75 Å². The molecule has 2 aromatic carbocycles. The van der Waals surface area contributed by atoms with Gasteiger partial charge in [-0.25, -0.2) is 9.59 Å². The standard InChI is InChI=1S/C25H32N2O7S/c1-25(2,3)34-24(30)26-15-13-19(14-16-26)22(23(28)29)27(35(31)32)20-9-5-17(6-10-20)18-7-11-21(33-4)12-8-18/h5-12,19,22H,13-16H2,1-4H3,(H,28,29)(H,31,32)/p-1. The van der Waals surface area contributed by atoms with Crippen molar-refractivity contribution in [2.24, 2.45) is 5.92 Å². The molecule has 2 unspecified atom stereocenters. The third-order valence-corrected chi connectivity index (χ3v) is 6.61. The summed E-state index contributed by atoms with van der Waals surface area (Å²) in [4.78, 5) is 26.1. The Morgan fingerprint density at radius 3 is 2.00 bits per heavy atom. The number of hydrogen-bond donors (Lipinski definition) is 1. The molecule has 0 aliphatic carbocycles. The van der Waals surface area contributed by atoms with E-state index in [-0.39, 0.29) is 5.69 Å². The number of carbonyl (C=O) groups excluding carboxylic acids is 1. The highest BCUT2D eigenvalue weighted by atomic mass is 32.2. The van der Waals surface area contributed by atoms with Crippen molar-refractivity contribution in [1.29, 1.82) is 0 Å². The number of piperidine rings is 1. The molecule has 9 nitrogen and oxygen atoms in total. The topological polar surface area (TPSA) is 119 Å². The third-order valence-electron chi connectivity index (χ3n) is 5.85. The van der Waals surface area contributed by atoms with Crippen LogP contribution in [-0.4, -0.2) is 62.7 Å². The largest absolute Gasteiger partial charge is 0.755 e. The van der Waals surface area contributed by atoms with Gasteiger partial charge in [-0.05, 0) is 74.9 Å². The molecule has 35 heavy (non-hydrogen) atoms. The van der Waals surface area contributed by atoms with Gasteiger partial charge in [-0.2, -0.15) is 0 Å². The molecule has 1 heterocycles. The van der Waals surface area contributed by atoms with E-state index < -0.39 is 40.9 Å². The molecule has 10 heteroatoms. The molecule has 3 rings (SSSR count). The number of nitrogens with zero attached hydrogens (tertiary/aromatic N) is 2. The van der Waals surface area contributed by atoms with Gasteiger partial charge in [0.05, 0.1) is 7.11 Å². The number of benzene rings is 2. The average Bonchev–Trinajstić information content (AvgIpc) is 2.81. The van der Waals surface area contributed by atoms with E-state index in [4.69, 9.17) is 9.47 Å². The number of aliphatic carboxylic acids is 1. The second kappa shape index (κ2) is 11.1. The molecule has 1 fully saturated rings. The zero-order valence-electron chi connectivity index (χ0n) is 20.3. The Labute approximate surface area is 208 Å². The first-order chi connectivity index (χ1) is 16.5. The quantitative estimate of drug-likeness (QED) is 0.566. The zero-order valence-corrected chi connectivity index (χ0v) is 21.1. The summed E-state index contributed by atoms with van der Waals surface area (Å²) < 4.78 is 35.9. The van der Waals surface area contributed by atoms with Crippen LogP contribution in [0.4, 0.5) is 10.5 Å². The lowest BCUT2D eigenvalue weighted by Gasteiger charge is -2.40. The van der Waals surface area contributed by atoms with Gasteiger partial charge in [-0.3, -0.25) is 8.51 Å². The van der Waals surface area contributed by atoms with E-state index in [1.165, 1.54) is 4.90 Å². The van der Waals surface area contributed by atoms with Gasteiger partial charge < -0.3 is 24.0 Å². The fraction of sp³-hybridized carbons (Fsp3) is 0.440. The Hall–Kier alpha value is -3.11. The molecule has 190 valence electrons.